The number of nitrogens with one attached hydrogen (secondary N) is 1. The molecule has 1 aromatic heterocycles. The lowest BCUT2D eigenvalue weighted by molar-refractivity contribution is 0.183. The molecule has 0 bridgehead atoms. The summed E-state index contributed by atoms with van der Waals surface area (Å²) in [4.78, 5) is 4.83. The third-order valence-corrected chi connectivity index (χ3v) is 6.55. The molecule has 26 heavy (non-hydrogen) atoms. The van der Waals surface area contributed by atoms with Crippen molar-refractivity contribution in [1.82, 2.24) is 10.3 Å². The van der Waals surface area contributed by atoms with Crippen molar-refractivity contribution in [2.75, 3.05) is 7.11 Å². The molecule has 134 valence electrons. The van der Waals surface area contributed by atoms with E-state index in [-0.39, 0.29) is 5.54 Å². The highest BCUT2D eigenvalue weighted by Gasteiger charge is 2.38. The van der Waals surface area contributed by atoms with Crippen LogP contribution in [0.5, 0.6) is 5.75 Å². The van der Waals surface area contributed by atoms with Gasteiger partial charge in [0.15, 0.2) is 0 Å². The molecule has 0 unspecified atom stereocenters. The van der Waals surface area contributed by atoms with Gasteiger partial charge in [-0.2, -0.15) is 0 Å². The zero-order valence-electron chi connectivity index (χ0n) is 14.7. The van der Waals surface area contributed by atoms with Gasteiger partial charge in [0.2, 0.25) is 0 Å². The first-order valence-corrected chi connectivity index (χ1v) is 10.5. The van der Waals surface area contributed by atoms with Gasteiger partial charge in [0.25, 0.3) is 0 Å². The Morgan fingerprint density at radius 2 is 1.92 bits per heavy atom. The summed E-state index contributed by atoms with van der Waals surface area (Å²) in [5.41, 5.74) is 3.60. The monoisotopic (exact) mass is 428 g/mol. The van der Waals surface area contributed by atoms with Gasteiger partial charge in [-0.3, -0.25) is 0 Å². The number of aromatic nitrogens is 1. The van der Waals surface area contributed by atoms with Crippen LogP contribution < -0.4 is 10.1 Å². The van der Waals surface area contributed by atoms with E-state index in [0.29, 0.717) is 0 Å². The largest absolute Gasteiger partial charge is 0.496 e. The Bertz CT molecular complexity index is 887. The fourth-order valence-electron chi connectivity index (χ4n) is 3.46. The first-order chi connectivity index (χ1) is 12.7. The lowest BCUT2D eigenvalue weighted by Crippen LogP contribution is -2.47. The fraction of sp³-hybridized carbons (Fsp3) is 0.286. The summed E-state index contributed by atoms with van der Waals surface area (Å²) in [6.45, 7) is 0.779. The second kappa shape index (κ2) is 7.51. The van der Waals surface area contributed by atoms with E-state index in [1.54, 1.807) is 18.4 Å². The third-order valence-electron chi connectivity index (χ3n) is 5.10. The molecule has 0 atom stereocenters. The maximum atomic E-state index is 5.46. The Balaban J connectivity index is 1.50. The summed E-state index contributed by atoms with van der Waals surface area (Å²) in [7, 11) is 1.70. The maximum absolute atomic E-state index is 5.46. The van der Waals surface area contributed by atoms with Crippen molar-refractivity contribution in [3.63, 3.8) is 0 Å². The molecule has 5 heteroatoms. The number of thiazole rings is 1. The van der Waals surface area contributed by atoms with Gasteiger partial charge in [-0.15, -0.1) is 11.3 Å². The smallest absolute Gasteiger partial charge is 0.129 e. The molecule has 3 aromatic rings. The van der Waals surface area contributed by atoms with E-state index in [4.69, 9.17) is 9.72 Å². The number of ether oxygens (including phenoxy) is 1. The quantitative estimate of drug-likeness (QED) is 0.542. The predicted octanol–water partition coefficient (Wildman–Crippen LogP) is 5.75. The first kappa shape index (κ1) is 17.7. The molecule has 0 radical (unpaired) electrons. The summed E-state index contributed by atoms with van der Waals surface area (Å²) < 4.78 is 6.59. The van der Waals surface area contributed by atoms with Crippen molar-refractivity contribution < 1.29 is 4.74 Å². The standard InChI is InChI=1S/C21H21BrN2OS/c1-25-19-6-3-2-5-18(19)20-24-17(14-26-20)13-23-21(11-4-12-21)15-7-9-16(22)10-8-15/h2-3,5-10,14,23H,4,11-13H2,1H3. The van der Waals surface area contributed by atoms with Gasteiger partial charge in [-0.25, -0.2) is 4.98 Å². The topological polar surface area (TPSA) is 34.1 Å². The summed E-state index contributed by atoms with van der Waals surface area (Å²) in [6, 6.07) is 16.7. The van der Waals surface area contributed by atoms with E-state index in [1.165, 1.54) is 24.8 Å². The molecule has 3 nitrogen and oxygen atoms in total. The van der Waals surface area contributed by atoms with Gasteiger partial charge in [-0.1, -0.05) is 40.2 Å². The predicted molar refractivity (Wildman–Crippen MR) is 111 cm³/mol. The Morgan fingerprint density at radius 3 is 2.62 bits per heavy atom. The van der Waals surface area contributed by atoms with Crippen LogP contribution in [0.25, 0.3) is 10.6 Å². The minimum absolute atomic E-state index is 0.0922. The summed E-state index contributed by atoms with van der Waals surface area (Å²) in [5.74, 6) is 0.867. The minimum Gasteiger partial charge on any atom is -0.496 e. The van der Waals surface area contributed by atoms with Crippen LogP contribution in [0, 0.1) is 0 Å². The highest BCUT2D eigenvalue weighted by molar-refractivity contribution is 9.10. The summed E-state index contributed by atoms with van der Waals surface area (Å²) in [5, 5.41) is 6.92. The number of hydrogen-bond donors (Lipinski definition) is 1. The van der Waals surface area contributed by atoms with Crippen molar-refractivity contribution in [3.05, 3.63) is 69.6 Å². The molecule has 0 spiro atoms. The highest BCUT2D eigenvalue weighted by atomic mass is 79.9. The van der Waals surface area contributed by atoms with Crippen LogP contribution in [0.2, 0.25) is 0 Å². The van der Waals surface area contributed by atoms with Crippen LogP contribution in [0.4, 0.5) is 0 Å². The Hall–Kier alpha value is -1.69. The van der Waals surface area contributed by atoms with Gasteiger partial charge in [0.05, 0.1) is 18.4 Å². The molecule has 4 rings (SSSR count). The Labute approximate surface area is 166 Å². The molecule has 0 aliphatic heterocycles. The molecule has 0 amide bonds. The van der Waals surface area contributed by atoms with Gasteiger partial charge in [0, 0.05) is 21.9 Å². The average Bonchev–Trinajstić information content (AvgIpc) is 3.11. The second-order valence-corrected chi connectivity index (χ2v) is 8.41. The molecule has 1 aliphatic rings. The summed E-state index contributed by atoms with van der Waals surface area (Å²) >= 11 is 5.19. The zero-order chi connectivity index (χ0) is 18.0. The molecule has 2 aromatic carbocycles. The van der Waals surface area contributed by atoms with Gasteiger partial charge in [0.1, 0.15) is 10.8 Å². The zero-order valence-corrected chi connectivity index (χ0v) is 17.1. The van der Waals surface area contributed by atoms with Crippen LogP contribution in [0.3, 0.4) is 0 Å². The number of benzene rings is 2. The van der Waals surface area contributed by atoms with Crippen LogP contribution >= 0.6 is 27.3 Å². The minimum atomic E-state index is 0.0922. The SMILES string of the molecule is COc1ccccc1-c1nc(CNC2(c3ccc(Br)cc3)CCC2)cs1. The first-order valence-electron chi connectivity index (χ1n) is 8.79. The van der Waals surface area contributed by atoms with E-state index < -0.39 is 0 Å². The van der Waals surface area contributed by atoms with E-state index >= 15 is 0 Å². The van der Waals surface area contributed by atoms with Crippen molar-refractivity contribution in [3.8, 4) is 16.3 Å². The van der Waals surface area contributed by atoms with Crippen LogP contribution in [0.15, 0.2) is 58.4 Å². The number of rotatable bonds is 6. The van der Waals surface area contributed by atoms with E-state index in [0.717, 1.165) is 33.0 Å². The van der Waals surface area contributed by atoms with Crippen LogP contribution in [-0.2, 0) is 12.1 Å². The van der Waals surface area contributed by atoms with Crippen LogP contribution in [-0.4, -0.2) is 12.1 Å². The summed E-state index contributed by atoms with van der Waals surface area (Å²) in [6.07, 6.45) is 3.63. The van der Waals surface area contributed by atoms with Gasteiger partial charge < -0.3 is 10.1 Å². The molecule has 0 saturated heterocycles. The third kappa shape index (κ3) is 3.43. The Kier molecular flexibility index (Phi) is 5.11. The number of para-hydroxylation sites is 1. The normalized spacial score (nSPS) is 15.5. The van der Waals surface area contributed by atoms with E-state index in [1.807, 2.05) is 18.2 Å². The Morgan fingerprint density at radius 1 is 1.15 bits per heavy atom. The van der Waals surface area contributed by atoms with Crippen LogP contribution in [0.1, 0.15) is 30.5 Å². The van der Waals surface area contributed by atoms with Crippen molar-refractivity contribution in [2.45, 2.75) is 31.3 Å². The maximum Gasteiger partial charge on any atom is 0.129 e. The average molecular weight is 429 g/mol. The van der Waals surface area contributed by atoms with Crippen molar-refractivity contribution in [1.29, 1.82) is 0 Å². The molecule has 1 heterocycles. The number of methoxy groups -OCH3 is 1. The molecule has 1 aliphatic carbocycles. The highest BCUT2D eigenvalue weighted by Crippen LogP contribution is 2.42. The van der Waals surface area contributed by atoms with Gasteiger partial charge in [-0.05, 0) is 49.1 Å². The molecule has 1 N–H and O–H groups in total. The molecular formula is C21H21BrN2OS. The fourth-order valence-corrected chi connectivity index (χ4v) is 4.57. The molecule has 1 fully saturated rings. The second-order valence-electron chi connectivity index (χ2n) is 6.64. The molecule has 1 saturated carbocycles. The number of nitrogens with zero attached hydrogens (tertiary/aromatic N) is 1. The number of hydrogen-bond acceptors (Lipinski definition) is 4. The van der Waals surface area contributed by atoms with Crippen molar-refractivity contribution in [2.24, 2.45) is 0 Å². The molecular weight excluding hydrogens is 408 g/mol. The van der Waals surface area contributed by atoms with Crippen molar-refractivity contribution >= 4 is 27.3 Å². The van der Waals surface area contributed by atoms with Gasteiger partial charge >= 0.3 is 0 Å². The van der Waals surface area contributed by atoms with E-state index in [9.17, 15) is 0 Å². The van der Waals surface area contributed by atoms with E-state index in [2.05, 4.69) is 57.0 Å². The lowest BCUT2D eigenvalue weighted by Gasteiger charge is -2.43. The number of halogens is 1. The lowest BCUT2D eigenvalue weighted by atomic mass is 9.72.